The van der Waals surface area contributed by atoms with Gasteiger partial charge < -0.3 is 14.8 Å². The van der Waals surface area contributed by atoms with Crippen molar-refractivity contribution in [1.82, 2.24) is 9.97 Å². The van der Waals surface area contributed by atoms with Crippen LogP contribution in [0, 0.1) is 0 Å². The Morgan fingerprint density at radius 1 is 1.20 bits per heavy atom. The number of halogens is 1. The third kappa shape index (κ3) is 3.19. The van der Waals surface area contributed by atoms with Gasteiger partial charge in [-0.25, -0.2) is 9.97 Å². The number of aromatic nitrogens is 2. The Balaban J connectivity index is 2.25. The number of hydrogen-bond donors (Lipinski definition) is 1. The van der Waals surface area contributed by atoms with Gasteiger partial charge in [-0.05, 0) is 33.6 Å². The average Bonchev–Trinajstić information content (AvgIpc) is 2.49. The highest BCUT2D eigenvalue weighted by molar-refractivity contribution is 9.10. The Bertz CT molecular complexity index is 605. The van der Waals surface area contributed by atoms with Crippen molar-refractivity contribution in [3.63, 3.8) is 0 Å². The molecular weight excluding hydrogens is 322 g/mol. The van der Waals surface area contributed by atoms with E-state index in [-0.39, 0.29) is 0 Å². The van der Waals surface area contributed by atoms with E-state index >= 15 is 0 Å². The molecule has 0 amide bonds. The molecular formula is C14H16BrN3O2. The number of nitrogens with zero attached hydrogens (tertiary/aromatic N) is 2. The van der Waals surface area contributed by atoms with Crippen LogP contribution in [0.15, 0.2) is 28.9 Å². The molecule has 0 radical (unpaired) electrons. The first-order valence-corrected chi connectivity index (χ1v) is 6.87. The van der Waals surface area contributed by atoms with Crippen molar-refractivity contribution in [2.45, 2.75) is 6.42 Å². The second-order valence-electron chi connectivity index (χ2n) is 4.10. The number of ether oxygens (including phenoxy) is 2. The molecule has 1 heterocycles. The first-order valence-electron chi connectivity index (χ1n) is 6.08. The van der Waals surface area contributed by atoms with Crippen LogP contribution < -0.4 is 14.8 Å². The van der Waals surface area contributed by atoms with E-state index in [2.05, 4.69) is 31.2 Å². The van der Waals surface area contributed by atoms with Gasteiger partial charge in [0.1, 0.15) is 11.6 Å². The molecule has 0 saturated carbocycles. The second kappa shape index (κ2) is 6.56. The zero-order valence-corrected chi connectivity index (χ0v) is 13.2. The van der Waals surface area contributed by atoms with Gasteiger partial charge in [-0.3, -0.25) is 0 Å². The highest BCUT2D eigenvalue weighted by Gasteiger charge is 2.08. The van der Waals surface area contributed by atoms with Gasteiger partial charge in [0.15, 0.2) is 11.5 Å². The molecule has 0 atom stereocenters. The van der Waals surface area contributed by atoms with E-state index in [9.17, 15) is 0 Å². The van der Waals surface area contributed by atoms with Crippen molar-refractivity contribution in [2.24, 2.45) is 0 Å². The van der Waals surface area contributed by atoms with Crippen molar-refractivity contribution < 1.29 is 9.47 Å². The summed E-state index contributed by atoms with van der Waals surface area (Å²) in [6, 6.07) is 5.79. The van der Waals surface area contributed by atoms with Gasteiger partial charge in [-0.1, -0.05) is 6.07 Å². The van der Waals surface area contributed by atoms with E-state index in [1.807, 2.05) is 25.2 Å². The van der Waals surface area contributed by atoms with Crippen LogP contribution in [0.25, 0.3) is 0 Å². The lowest BCUT2D eigenvalue weighted by atomic mass is 10.1. The molecule has 1 aromatic heterocycles. The Labute approximate surface area is 126 Å². The lowest BCUT2D eigenvalue weighted by Gasteiger charge is -2.10. The highest BCUT2D eigenvalue weighted by atomic mass is 79.9. The topological polar surface area (TPSA) is 56.3 Å². The molecule has 0 saturated heterocycles. The van der Waals surface area contributed by atoms with Crippen molar-refractivity contribution >= 4 is 21.7 Å². The number of rotatable bonds is 5. The molecule has 6 heteroatoms. The molecule has 0 unspecified atom stereocenters. The Morgan fingerprint density at radius 2 is 1.95 bits per heavy atom. The minimum atomic E-state index is 0.627. The lowest BCUT2D eigenvalue weighted by Crippen LogP contribution is -2.02. The van der Waals surface area contributed by atoms with Crippen LogP contribution in [0.2, 0.25) is 0 Å². The normalized spacial score (nSPS) is 10.2. The second-order valence-corrected chi connectivity index (χ2v) is 4.95. The first-order chi connectivity index (χ1) is 9.67. The van der Waals surface area contributed by atoms with Crippen LogP contribution in [0.5, 0.6) is 11.5 Å². The predicted molar refractivity (Wildman–Crippen MR) is 81.6 cm³/mol. The number of nitrogens with one attached hydrogen (secondary N) is 1. The van der Waals surface area contributed by atoms with Gasteiger partial charge in [0.25, 0.3) is 0 Å². The maximum atomic E-state index is 5.29. The largest absolute Gasteiger partial charge is 0.493 e. The monoisotopic (exact) mass is 337 g/mol. The molecule has 0 fully saturated rings. The van der Waals surface area contributed by atoms with Crippen molar-refractivity contribution in [1.29, 1.82) is 0 Å². The summed E-state index contributed by atoms with van der Waals surface area (Å²) < 4.78 is 11.4. The quantitative estimate of drug-likeness (QED) is 0.909. The van der Waals surface area contributed by atoms with Gasteiger partial charge in [-0.2, -0.15) is 0 Å². The Morgan fingerprint density at radius 3 is 2.60 bits per heavy atom. The Hall–Kier alpha value is -1.82. The molecule has 0 aliphatic carbocycles. The molecule has 0 bridgehead atoms. The SMILES string of the molecule is CNc1nc(Cc2ccc(OC)c(OC)c2)ncc1Br. The third-order valence-electron chi connectivity index (χ3n) is 2.84. The molecule has 2 rings (SSSR count). The van der Waals surface area contributed by atoms with Crippen LogP contribution in [0.1, 0.15) is 11.4 Å². The maximum Gasteiger partial charge on any atom is 0.161 e. The zero-order valence-electron chi connectivity index (χ0n) is 11.6. The van der Waals surface area contributed by atoms with Gasteiger partial charge in [0, 0.05) is 19.7 Å². The van der Waals surface area contributed by atoms with Crippen molar-refractivity contribution in [3.05, 3.63) is 40.3 Å². The van der Waals surface area contributed by atoms with Crippen LogP contribution >= 0.6 is 15.9 Å². The summed E-state index contributed by atoms with van der Waals surface area (Å²) in [5.74, 6) is 2.93. The molecule has 20 heavy (non-hydrogen) atoms. The number of benzene rings is 1. The van der Waals surface area contributed by atoms with E-state index in [0.29, 0.717) is 17.9 Å². The summed E-state index contributed by atoms with van der Waals surface area (Å²) >= 11 is 3.39. The summed E-state index contributed by atoms with van der Waals surface area (Å²) in [6.07, 6.45) is 2.37. The van der Waals surface area contributed by atoms with Crippen LogP contribution in [0.4, 0.5) is 5.82 Å². The van der Waals surface area contributed by atoms with E-state index in [0.717, 1.165) is 21.7 Å². The summed E-state index contributed by atoms with van der Waals surface area (Å²) in [7, 11) is 5.07. The Kier molecular flexibility index (Phi) is 4.79. The molecule has 1 aromatic carbocycles. The molecule has 0 spiro atoms. The number of methoxy groups -OCH3 is 2. The molecule has 106 valence electrons. The fraction of sp³-hybridized carbons (Fsp3) is 0.286. The zero-order chi connectivity index (χ0) is 14.5. The van der Waals surface area contributed by atoms with E-state index < -0.39 is 0 Å². The van der Waals surface area contributed by atoms with Gasteiger partial charge in [0.05, 0.1) is 18.7 Å². The van der Waals surface area contributed by atoms with Crippen LogP contribution in [0.3, 0.4) is 0 Å². The van der Waals surface area contributed by atoms with Crippen molar-refractivity contribution in [3.8, 4) is 11.5 Å². The number of anilines is 1. The maximum absolute atomic E-state index is 5.29. The fourth-order valence-electron chi connectivity index (χ4n) is 1.84. The summed E-state index contributed by atoms with van der Waals surface area (Å²) in [5, 5.41) is 3.02. The molecule has 0 aliphatic heterocycles. The lowest BCUT2D eigenvalue weighted by molar-refractivity contribution is 0.354. The molecule has 2 aromatic rings. The van der Waals surface area contributed by atoms with Crippen LogP contribution in [-0.4, -0.2) is 31.2 Å². The van der Waals surface area contributed by atoms with Crippen LogP contribution in [-0.2, 0) is 6.42 Å². The van der Waals surface area contributed by atoms with Gasteiger partial charge in [0.2, 0.25) is 0 Å². The van der Waals surface area contributed by atoms with E-state index in [1.54, 1.807) is 20.4 Å². The third-order valence-corrected chi connectivity index (χ3v) is 3.42. The van der Waals surface area contributed by atoms with Crippen molar-refractivity contribution in [2.75, 3.05) is 26.6 Å². The summed E-state index contributed by atoms with van der Waals surface area (Å²) in [6.45, 7) is 0. The fourth-order valence-corrected chi connectivity index (χ4v) is 2.23. The first kappa shape index (κ1) is 14.6. The van der Waals surface area contributed by atoms with Gasteiger partial charge in [-0.15, -0.1) is 0 Å². The molecule has 1 N–H and O–H groups in total. The van der Waals surface area contributed by atoms with Gasteiger partial charge >= 0.3 is 0 Å². The highest BCUT2D eigenvalue weighted by Crippen LogP contribution is 2.28. The summed E-state index contributed by atoms with van der Waals surface area (Å²) in [5.41, 5.74) is 1.06. The minimum Gasteiger partial charge on any atom is -0.493 e. The predicted octanol–water partition coefficient (Wildman–Crippen LogP) is 2.89. The molecule has 0 aliphatic rings. The number of hydrogen-bond acceptors (Lipinski definition) is 5. The smallest absolute Gasteiger partial charge is 0.161 e. The minimum absolute atomic E-state index is 0.627. The van der Waals surface area contributed by atoms with E-state index in [1.165, 1.54) is 0 Å². The summed E-state index contributed by atoms with van der Waals surface area (Å²) in [4.78, 5) is 8.75. The average molecular weight is 338 g/mol. The molecule has 5 nitrogen and oxygen atoms in total. The standard InChI is InChI=1S/C14H16BrN3O2/c1-16-14-10(15)8-17-13(18-14)7-9-4-5-11(19-2)12(6-9)20-3/h4-6,8H,7H2,1-3H3,(H,16,17,18). The van der Waals surface area contributed by atoms with E-state index in [4.69, 9.17) is 9.47 Å².